The van der Waals surface area contributed by atoms with E-state index in [0.29, 0.717) is 17.0 Å². The van der Waals surface area contributed by atoms with Crippen molar-refractivity contribution < 1.29 is 0 Å². The van der Waals surface area contributed by atoms with E-state index in [0.717, 1.165) is 22.8 Å². The van der Waals surface area contributed by atoms with Crippen LogP contribution in [-0.2, 0) is 0 Å². The minimum Gasteiger partial charge on any atom is -0.351 e. The molecule has 0 unspecified atom stereocenters. The molecule has 0 amide bonds. The molecule has 0 spiro atoms. The Hall–Kier alpha value is -1.81. The summed E-state index contributed by atoms with van der Waals surface area (Å²) in [7, 11) is 0. The summed E-state index contributed by atoms with van der Waals surface area (Å²) in [5.41, 5.74) is 3.05. The van der Waals surface area contributed by atoms with Crippen LogP contribution in [0.25, 0.3) is 0 Å². The Morgan fingerprint density at radius 2 is 1.83 bits per heavy atom. The third-order valence-electron chi connectivity index (χ3n) is 4.25. The molecular formula is C18H23ClN4. The summed E-state index contributed by atoms with van der Waals surface area (Å²) in [5.74, 6) is 1.50. The Kier molecular flexibility index (Phi) is 5.01. The van der Waals surface area contributed by atoms with Gasteiger partial charge < -0.3 is 10.6 Å². The molecule has 5 heteroatoms. The summed E-state index contributed by atoms with van der Waals surface area (Å²) in [5, 5.41) is 7.55. The minimum atomic E-state index is 0.492. The highest BCUT2D eigenvalue weighted by molar-refractivity contribution is 6.30. The molecule has 1 aliphatic carbocycles. The number of halogens is 1. The molecule has 0 radical (unpaired) electrons. The van der Waals surface area contributed by atoms with Crippen LogP contribution in [0.2, 0.25) is 5.02 Å². The van der Waals surface area contributed by atoms with Crippen LogP contribution in [0.1, 0.15) is 43.4 Å². The quantitative estimate of drug-likeness (QED) is 0.805. The van der Waals surface area contributed by atoms with E-state index in [1.54, 1.807) is 0 Å². The molecule has 0 bridgehead atoms. The van der Waals surface area contributed by atoms with Crippen molar-refractivity contribution in [3.8, 4) is 0 Å². The SMILES string of the molecule is Cc1cc(Nc2cc(Cl)ccc2C)nc(NC2CCCCC2)n1. The number of hydrogen-bond acceptors (Lipinski definition) is 4. The van der Waals surface area contributed by atoms with Gasteiger partial charge in [0.25, 0.3) is 0 Å². The number of aromatic nitrogens is 2. The molecule has 2 N–H and O–H groups in total. The van der Waals surface area contributed by atoms with Crippen LogP contribution >= 0.6 is 11.6 Å². The summed E-state index contributed by atoms with van der Waals surface area (Å²) < 4.78 is 0. The highest BCUT2D eigenvalue weighted by Crippen LogP contribution is 2.25. The van der Waals surface area contributed by atoms with Crippen LogP contribution in [0.4, 0.5) is 17.5 Å². The first kappa shape index (κ1) is 16.1. The largest absolute Gasteiger partial charge is 0.351 e. The van der Waals surface area contributed by atoms with Crippen molar-refractivity contribution in [2.45, 2.75) is 52.0 Å². The van der Waals surface area contributed by atoms with Gasteiger partial charge in [0, 0.05) is 28.5 Å². The third-order valence-corrected chi connectivity index (χ3v) is 4.49. The molecule has 1 fully saturated rings. The second-order valence-electron chi connectivity index (χ2n) is 6.28. The van der Waals surface area contributed by atoms with Crippen LogP contribution in [0, 0.1) is 13.8 Å². The third kappa shape index (κ3) is 4.35. The topological polar surface area (TPSA) is 49.8 Å². The first-order valence-electron chi connectivity index (χ1n) is 8.25. The zero-order valence-corrected chi connectivity index (χ0v) is 14.5. The van der Waals surface area contributed by atoms with Gasteiger partial charge in [-0.3, -0.25) is 0 Å². The molecule has 1 heterocycles. The van der Waals surface area contributed by atoms with Gasteiger partial charge in [-0.2, -0.15) is 4.98 Å². The number of benzene rings is 1. The van der Waals surface area contributed by atoms with Gasteiger partial charge in [0.05, 0.1) is 0 Å². The summed E-state index contributed by atoms with van der Waals surface area (Å²) in [6.07, 6.45) is 6.32. The fourth-order valence-electron chi connectivity index (χ4n) is 2.99. The van der Waals surface area contributed by atoms with Crippen LogP contribution < -0.4 is 10.6 Å². The number of aryl methyl sites for hydroxylation is 2. The zero-order valence-electron chi connectivity index (χ0n) is 13.7. The van der Waals surface area contributed by atoms with Crippen molar-refractivity contribution in [3.05, 3.63) is 40.5 Å². The first-order valence-corrected chi connectivity index (χ1v) is 8.63. The van der Waals surface area contributed by atoms with Gasteiger partial charge in [-0.1, -0.05) is 36.9 Å². The van der Waals surface area contributed by atoms with Crippen molar-refractivity contribution in [1.29, 1.82) is 0 Å². The number of nitrogens with one attached hydrogen (secondary N) is 2. The Morgan fingerprint density at radius 1 is 1.04 bits per heavy atom. The molecule has 1 aromatic carbocycles. The lowest BCUT2D eigenvalue weighted by molar-refractivity contribution is 0.461. The predicted molar refractivity (Wildman–Crippen MR) is 96.7 cm³/mol. The van der Waals surface area contributed by atoms with Crippen molar-refractivity contribution in [2.24, 2.45) is 0 Å². The molecule has 0 saturated heterocycles. The van der Waals surface area contributed by atoms with E-state index in [4.69, 9.17) is 11.6 Å². The Balaban J connectivity index is 1.78. The Bertz CT molecular complexity index is 681. The van der Waals surface area contributed by atoms with E-state index < -0.39 is 0 Å². The van der Waals surface area contributed by atoms with Gasteiger partial charge in [-0.25, -0.2) is 4.98 Å². The molecule has 3 rings (SSSR count). The summed E-state index contributed by atoms with van der Waals surface area (Å²) in [4.78, 5) is 9.14. The molecule has 122 valence electrons. The van der Waals surface area contributed by atoms with Crippen LogP contribution in [0.5, 0.6) is 0 Å². The maximum atomic E-state index is 6.09. The van der Waals surface area contributed by atoms with E-state index >= 15 is 0 Å². The van der Waals surface area contributed by atoms with Gasteiger partial charge in [0.1, 0.15) is 5.82 Å². The number of rotatable bonds is 4. The lowest BCUT2D eigenvalue weighted by Crippen LogP contribution is -2.23. The molecule has 0 aliphatic heterocycles. The minimum absolute atomic E-state index is 0.492. The van der Waals surface area contributed by atoms with Crippen LogP contribution in [0.15, 0.2) is 24.3 Å². The van der Waals surface area contributed by atoms with Gasteiger partial charge in [-0.15, -0.1) is 0 Å². The lowest BCUT2D eigenvalue weighted by atomic mass is 9.96. The van der Waals surface area contributed by atoms with E-state index in [-0.39, 0.29) is 0 Å². The summed E-state index contributed by atoms with van der Waals surface area (Å²) in [6, 6.07) is 8.25. The van der Waals surface area contributed by atoms with Gasteiger partial charge in [0.2, 0.25) is 5.95 Å². The highest BCUT2D eigenvalue weighted by atomic mass is 35.5. The van der Waals surface area contributed by atoms with E-state index in [9.17, 15) is 0 Å². The first-order chi connectivity index (χ1) is 11.1. The molecule has 4 nitrogen and oxygen atoms in total. The van der Waals surface area contributed by atoms with Crippen molar-refractivity contribution in [2.75, 3.05) is 10.6 Å². The number of nitrogens with zero attached hydrogens (tertiary/aromatic N) is 2. The van der Waals surface area contributed by atoms with Crippen molar-refractivity contribution in [1.82, 2.24) is 9.97 Å². The zero-order chi connectivity index (χ0) is 16.2. The molecular weight excluding hydrogens is 308 g/mol. The summed E-state index contributed by atoms with van der Waals surface area (Å²) in [6.45, 7) is 4.04. The van der Waals surface area contributed by atoms with E-state index in [2.05, 4.69) is 20.6 Å². The van der Waals surface area contributed by atoms with Crippen molar-refractivity contribution >= 4 is 29.1 Å². The standard InChI is InChI=1S/C18H23ClN4/c1-12-8-9-14(19)11-16(12)22-17-10-13(2)20-18(23-17)21-15-6-4-3-5-7-15/h8-11,15H,3-7H2,1-2H3,(H2,20,21,22,23). The molecule has 1 saturated carbocycles. The molecule has 1 aliphatic rings. The Morgan fingerprint density at radius 3 is 2.61 bits per heavy atom. The predicted octanol–water partition coefficient (Wildman–Crippen LogP) is 5.24. The Labute approximate surface area is 142 Å². The maximum absolute atomic E-state index is 6.09. The lowest BCUT2D eigenvalue weighted by Gasteiger charge is -2.23. The number of hydrogen-bond donors (Lipinski definition) is 2. The monoisotopic (exact) mass is 330 g/mol. The second-order valence-corrected chi connectivity index (χ2v) is 6.72. The number of anilines is 3. The smallest absolute Gasteiger partial charge is 0.225 e. The fourth-order valence-corrected chi connectivity index (χ4v) is 3.17. The highest BCUT2D eigenvalue weighted by Gasteiger charge is 2.14. The average molecular weight is 331 g/mol. The molecule has 23 heavy (non-hydrogen) atoms. The van der Waals surface area contributed by atoms with Crippen molar-refractivity contribution in [3.63, 3.8) is 0 Å². The van der Waals surface area contributed by atoms with E-state index in [1.807, 2.05) is 38.1 Å². The summed E-state index contributed by atoms with van der Waals surface area (Å²) >= 11 is 6.09. The molecule has 1 aromatic heterocycles. The normalized spacial score (nSPS) is 15.4. The fraction of sp³-hybridized carbons (Fsp3) is 0.444. The van der Waals surface area contributed by atoms with Gasteiger partial charge in [-0.05, 0) is 44.4 Å². The van der Waals surface area contributed by atoms with Crippen LogP contribution in [0.3, 0.4) is 0 Å². The second kappa shape index (κ2) is 7.18. The maximum Gasteiger partial charge on any atom is 0.225 e. The van der Waals surface area contributed by atoms with Gasteiger partial charge in [0.15, 0.2) is 0 Å². The van der Waals surface area contributed by atoms with Gasteiger partial charge >= 0.3 is 0 Å². The molecule has 0 atom stereocenters. The van der Waals surface area contributed by atoms with Crippen LogP contribution in [-0.4, -0.2) is 16.0 Å². The molecule has 2 aromatic rings. The average Bonchev–Trinajstić information content (AvgIpc) is 2.51. The van der Waals surface area contributed by atoms with E-state index in [1.165, 1.54) is 32.1 Å².